The van der Waals surface area contributed by atoms with E-state index in [0.717, 1.165) is 0 Å². The van der Waals surface area contributed by atoms with Gasteiger partial charge >= 0.3 is 6.03 Å². The second-order valence-electron chi connectivity index (χ2n) is 2.80. The van der Waals surface area contributed by atoms with Crippen LogP contribution in [0.3, 0.4) is 0 Å². The van der Waals surface area contributed by atoms with Crippen LogP contribution >= 0.6 is 12.2 Å². The Morgan fingerprint density at radius 2 is 2.13 bits per heavy atom. The number of imide groups is 1. The standard InChI is InChI=1S/C8H10N4O2S/c9-7(15)5-2-1-3-12(5)4-6(13)11-8(10)14/h1-3H,4H2,(H2,9,15)(H3,10,11,13,14). The van der Waals surface area contributed by atoms with Gasteiger partial charge in [-0.1, -0.05) is 12.2 Å². The summed E-state index contributed by atoms with van der Waals surface area (Å²) in [7, 11) is 0. The van der Waals surface area contributed by atoms with E-state index in [1.54, 1.807) is 18.3 Å². The average Bonchev–Trinajstić information content (AvgIpc) is 2.50. The summed E-state index contributed by atoms with van der Waals surface area (Å²) in [5.41, 5.74) is 10.8. The van der Waals surface area contributed by atoms with Crippen LogP contribution in [0.4, 0.5) is 4.79 Å². The highest BCUT2D eigenvalue weighted by molar-refractivity contribution is 7.80. The third-order valence-electron chi connectivity index (χ3n) is 1.66. The summed E-state index contributed by atoms with van der Waals surface area (Å²) in [6.45, 7) is -0.0530. The van der Waals surface area contributed by atoms with Crippen LogP contribution in [-0.4, -0.2) is 21.5 Å². The van der Waals surface area contributed by atoms with E-state index in [9.17, 15) is 9.59 Å². The van der Waals surface area contributed by atoms with E-state index in [1.807, 2.05) is 5.32 Å². The number of nitrogens with one attached hydrogen (secondary N) is 1. The number of nitrogens with zero attached hydrogens (tertiary/aromatic N) is 1. The summed E-state index contributed by atoms with van der Waals surface area (Å²) in [6, 6.07) is 2.50. The first-order valence-corrected chi connectivity index (χ1v) is 4.45. The van der Waals surface area contributed by atoms with Crippen LogP contribution in [0.2, 0.25) is 0 Å². The molecule has 0 bridgehead atoms. The lowest BCUT2D eigenvalue weighted by molar-refractivity contribution is -0.120. The Hall–Kier alpha value is -1.89. The van der Waals surface area contributed by atoms with Crippen LogP contribution in [0.25, 0.3) is 0 Å². The smallest absolute Gasteiger partial charge is 0.318 e. The van der Waals surface area contributed by atoms with Gasteiger partial charge < -0.3 is 16.0 Å². The van der Waals surface area contributed by atoms with Crippen molar-refractivity contribution in [2.45, 2.75) is 6.54 Å². The minimum Gasteiger partial charge on any atom is -0.388 e. The average molecular weight is 226 g/mol. The van der Waals surface area contributed by atoms with E-state index >= 15 is 0 Å². The molecule has 15 heavy (non-hydrogen) atoms. The first kappa shape index (κ1) is 11.2. The molecule has 0 aliphatic carbocycles. The van der Waals surface area contributed by atoms with Crippen molar-refractivity contribution < 1.29 is 9.59 Å². The highest BCUT2D eigenvalue weighted by Crippen LogP contribution is 2.01. The fourth-order valence-corrected chi connectivity index (χ4v) is 1.29. The molecule has 0 aromatic carbocycles. The maximum atomic E-state index is 11.2. The number of aromatic nitrogens is 1. The second kappa shape index (κ2) is 4.56. The van der Waals surface area contributed by atoms with Crippen molar-refractivity contribution in [3.8, 4) is 0 Å². The molecule has 7 heteroatoms. The number of hydrogen-bond donors (Lipinski definition) is 3. The molecule has 1 aromatic rings. The van der Waals surface area contributed by atoms with Gasteiger partial charge in [0.25, 0.3) is 0 Å². The molecule has 0 aliphatic heterocycles. The molecular weight excluding hydrogens is 216 g/mol. The highest BCUT2D eigenvalue weighted by atomic mass is 32.1. The number of primary amides is 1. The monoisotopic (exact) mass is 226 g/mol. The van der Waals surface area contributed by atoms with Crippen molar-refractivity contribution >= 4 is 29.1 Å². The zero-order chi connectivity index (χ0) is 11.4. The van der Waals surface area contributed by atoms with Gasteiger partial charge in [-0.3, -0.25) is 10.1 Å². The van der Waals surface area contributed by atoms with Crippen LogP contribution in [0.5, 0.6) is 0 Å². The summed E-state index contributed by atoms with van der Waals surface area (Å²) in [5.74, 6) is -0.517. The maximum Gasteiger partial charge on any atom is 0.318 e. The third-order valence-corrected chi connectivity index (χ3v) is 1.87. The molecule has 0 saturated carbocycles. The molecule has 1 aromatic heterocycles. The molecule has 0 aliphatic rings. The SMILES string of the molecule is NC(=O)NC(=O)Cn1cccc1C(N)=S. The van der Waals surface area contributed by atoms with Crippen molar-refractivity contribution in [3.63, 3.8) is 0 Å². The lowest BCUT2D eigenvalue weighted by atomic mass is 10.4. The number of urea groups is 1. The first-order chi connectivity index (χ1) is 7.00. The van der Waals surface area contributed by atoms with Crippen molar-refractivity contribution in [1.82, 2.24) is 9.88 Å². The predicted octanol–water partition coefficient (Wildman–Crippen LogP) is -0.683. The van der Waals surface area contributed by atoms with Gasteiger partial charge in [-0.25, -0.2) is 4.79 Å². The highest BCUT2D eigenvalue weighted by Gasteiger charge is 2.08. The largest absolute Gasteiger partial charge is 0.388 e. The molecular formula is C8H10N4O2S. The molecule has 5 N–H and O–H groups in total. The number of thiocarbonyl (C=S) groups is 1. The Kier molecular flexibility index (Phi) is 3.40. The summed E-state index contributed by atoms with van der Waals surface area (Å²) >= 11 is 4.78. The van der Waals surface area contributed by atoms with E-state index < -0.39 is 11.9 Å². The Morgan fingerprint density at radius 3 is 2.67 bits per heavy atom. The zero-order valence-electron chi connectivity index (χ0n) is 7.77. The van der Waals surface area contributed by atoms with Crippen LogP contribution < -0.4 is 16.8 Å². The molecule has 0 unspecified atom stereocenters. The lowest BCUT2D eigenvalue weighted by Gasteiger charge is -2.06. The van der Waals surface area contributed by atoms with E-state index in [2.05, 4.69) is 0 Å². The Labute approximate surface area is 91.2 Å². The topological polar surface area (TPSA) is 103 Å². The summed E-state index contributed by atoms with van der Waals surface area (Å²) < 4.78 is 1.53. The van der Waals surface area contributed by atoms with Gasteiger partial charge in [0.15, 0.2) is 0 Å². The van der Waals surface area contributed by atoms with Crippen LogP contribution in [0.1, 0.15) is 5.69 Å². The Balaban J connectivity index is 2.72. The van der Waals surface area contributed by atoms with Gasteiger partial charge in [0.2, 0.25) is 5.91 Å². The van der Waals surface area contributed by atoms with Gasteiger partial charge in [-0.15, -0.1) is 0 Å². The van der Waals surface area contributed by atoms with Crippen LogP contribution in [-0.2, 0) is 11.3 Å². The molecule has 0 saturated heterocycles. The summed E-state index contributed by atoms with van der Waals surface area (Å²) in [4.78, 5) is 21.8. The summed E-state index contributed by atoms with van der Waals surface area (Å²) in [6.07, 6.45) is 1.63. The number of amides is 3. The number of rotatable bonds is 3. The lowest BCUT2D eigenvalue weighted by Crippen LogP contribution is -2.37. The Morgan fingerprint density at radius 1 is 1.47 bits per heavy atom. The minimum atomic E-state index is -0.885. The zero-order valence-corrected chi connectivity index (χ0v) is 8.58. The number of hydrogen-bond acceptors (Lipinski definition) is 3. The van der Waals surface area contributed by atoms with Gasteiger partial charge in [-0.2, -0.15) is 0 Å². The first-order valence-electron chi connectivity index (χ1n) is 4.05. The number of carbonyl (C=O) groups is 2. The predicted molar refractivity (Wildman–Crippen MR) is 58.0 cm³/mol. The number of nitrogens with two attached hydrogens (primary N) is 2. The van der Waals surface area contributed by atoms with Gasteiger partial charge in [0, 0.05) is 6.20 Å². The molecule has 3 amide bonds. The maximum absolute atomic E-state index is 11.2. The molecule has 1 rings (SSSR count). The van der Waals surface area contributed by atoms with Crippen LogP contribution in [0.15, 0.2) is 18.3 Å². The van der Waals surface area contributed by atoms with Crippen molar-refractivity contribution in [1.29, 1.82) is 0 Å². The van der Waals surface area contributed by atoms with E-state index in [0.29, 0.717) is 5.69 Å². The fraction of sp³-hybridized carbons (Fsp3) is 0.125. The molecule has 0 fully saturated rings. The van der Waals surface area contributed by atoms with Crippen molar-refractivity contribution in [2.75, 3.05) is 0 Å². The molecule has 0 spiro atoms. The van der Waals surface area contributed by atoms with Crippen LogP contribution in [0, 0.1) is 0 Å². The molecule has 80 valence electrons. The van der Waals surface area contributed by atoms with Crippen molar-refractivity contribution in [3.05, 3.63) is 24.0 Å². The van der Waals surface area contributed by atoms with Gasteiger partial charge in [0.1, 0.15) is 11.5 Å². The van der Waals surface area contributed by atoms with E-state index in [-0.39, 0.29) is 11.5 Å². The quantitative estimate of drug-likeness (QED) is 0.594. The van der Waals surface area contributed by atoms with E-state index in [1.165, 1.54) is 4.57 Å². The van der Waals surface area contributed by atoms with Gasteiger partial charge in [-0.05, 0) is 12.1 Å². The normalized spacial score (nSPS) is 9.60. The Bertz CT molecular complexity index is 413. The third kappa shape index (κ3) is 3.06. The van der Waals surface area contributed by atoms with Crippen molar-refractivity contribution in [2.24, 2.45) is 11.5 Å². The molecule has 0 radical (unpaired) electrons. The molecule has 1 heterocycles. The second-order valence-corrected chi connectivity index (χ2v) is 3.24. The van der Waals surface area contributed by atoms with E-state index in [4.69, 9.17) is 23.7 Å². The minimum absolute atomic E-state index is 0.0530. The number of carbonyl (C=O) groups excluding carboxylic acids is 2. The van der Waals surface area contributed by atoms with Gasteiger partial charge in [0.05, 0.1) is 5.69 Å². The molecule has 0 atom stereocenters. The fourth-order valence-electron chi connectivity index (χ4n) is 1.11. The molecule has 6 nitrogen and oxygen atoms in total. The summed E-state index contributed by atoms with van der Waals surface area (Å²) in [5, 5.41) is 1.94.